The number of hydrogen-bond acceptors (Lipinski definition) is 9. The van der Waals surface area contributed by atoms with Crippen LogP contribution in [0.2, 0.25) is 0 Å². The molecule has 3 N–H and O–H groups in total. The molecule has 312 valence electrons. The summed E-state index contributed by atoms with van der Waals surface area (Å²) in [6.07, 6.45) is 41.9. The van der Waals surface area contributed by atoms with Crippen LogP contribution in [-0.4, -0.2) is 65.7 Å². The van der Waals surface area contributed by atoms with Crippen molar-refractivity contribution >= 4 is 19.8 Å². The van der Waals surface area contributed by atoms with Gasteiger partial charge in [0.2, 0.25) is 0 Å². The Bertz CT molecular complexity index is 1080. The molecule has 54 heavy (non-hydrogen) atoms. The standard InChI is InChI=1S/C43H75O10P/c1-3-5-7-9-11-13-15-17-19-20-21-23-25-27-29-31-33-35-43(47)53-41(37-45)39-51-54(48,49)50-38-40(36-44)52-42(46)34-32-30-28-26-24-22-18-16-14-12-10-8-6-4-2/h5,7,10-13,16-19,40-41,44-45H,3-4,6,8-9,14-15,20-39H2,1-2H3,(H,48,49)/b7-5-,12-10-,13-11-,18-16-,19-17-. The summed E-state index contributed by atoms with van der Waals surface area (Å²) in [5.41, 5.74) is 0. The predicted molar refractivity (Wildman–Crippen MR) is 219 cm³/mol. The van der Waals surface area contributed by atoms with Crippen LogP contribution < -0.4 is 0 Å². The molecule has 0 bridgehead atoms. The second-order valence-corrected chi connectivity index (χ2v) is 15.0. The monoisotopic (exact) mass is 783 g/mol. The quantitative estimate of drug-likeness (QED) is 0.0239. The fraction of sp³-hybridized carbons (Fsp3) is 0.721. The van der Waals surface area contributed by atoms with Crippen LogP contribution in [0, 0.1) is 0 Å². The van der Waals surface area contributed by atoms with Crippen molar-refractivity contribution in [3.05, 3.63) is 60.8 Å². The summed E-state index contributed by atoms with van der Waals surface area (Å²) in [4.78, 5) is 34.5. The van der Waals surface area contributed by atoms with Gasteiger partial charge in [-0.1, -0.05) is 139 Å². The first-order valence-corrected chi connectivity index (χ1v) is 22.2. The predicted octanol–water partition coefficient (Wildman–Crippen LogP) is 10.7. The minimum atomic E-state index is -4.64. The van der Waals surface area contributed by atoms with Crippen LogP contribution in [0.3, 0.4) is 0 Å². The lowest BCUT2D eigenvalue weighted by molar-refractivity contribution is -0.153. The number of ether oxygens (including phenoxy) is 2. The molecule has 0 aromatic rings. The molecule has 0 heterocycles. The topological polar surface area (TPSA) is 149 Å². The normalized spacial score (nSPS) is 14.5. The molecule has 0 fully saturated rings. The van der Waals surface area contributed by atoms with Crippen molar-refractivity contribution < 1.29 is 47.8 Å². The van der Waals surface area contributed by atoms with Gasteiger partial charge in [0.25, 0.3) is 0 Å². The zero-order valence-corrected chi connectivity index (χ0v) is 34.6. The van der Waals surface area contributed by atoms with Crippen LogP contribution in [-0.2, 0) is 32.7 Å². The Morgan fingerprint density at radius 1 is 0.519 bits per heavy atom. The van der Waals surface area contributed by atoms with Crippen molar-refractivity contribution in [2.75, 3.05) is 26.4 Å². The van der Waals surface area contributed by atoms with Gasteiger partial charge in [0, 0.05) is 12.8 Å². The molecule has 0 aliphatic heterocycles. The highest BCUT2D eigenvalue weighted by molar-refractivity contribution is 7.47. The molecule has 0 aliphatic carbocycles. The van der Waals surface area contributed by atoms with Gasteiger partial charge in [0.05, 0.1) is 26.4 Å². The Labute approximate surface area is 327 Å². The summed E-state index contributed by atoms with van der Waals surface area (Å²) < 4.78 is 32.5. The number of esters is 2. The maximum atomic E-state index is 12.3. The van der Waals surface area contributed by atoms with E-state index in [9.17, 15) is 29.3 Å². The van der Waals surface area contributed by atoms with Gasteiger partial charge in [-0.05, 0) is 70.6 Å². The summed E-state index contributed by atoms with van der Waals surface area (Å²) in [6, 6.07) is 0. The molecule has 3 atom stereocenters. The molecule has 0 rings (SSSR count). The Kier molecular flexibility index (Phi) is 37.2. The maximum Gasteiger partial charge on any atom is 0.472 e. The lowest BCUT2D eigenvalue weighted by Crippen LogP contribution is -2.28. The first-order valence-electron chi connectivity index (χ1n) is 20.7. The number of aliphatic hydroxyl groups excluding tert-OH is 2. The van der Waals surface area contributed by atoms with Crippen LogP contribution >= 0.6 is 7.82 Å². The van der Waals surface area contributed by atoms with E-state index in [1.54, 1.807) is 0 Å². The van der Waals surface area contributed by atoms with E-state index in [-0.39, 0.29) is 12.8 Å². The summed E-state index contributed by atoms with van der Waals surface area (Å²) in [7, 11) is -4.64. The highest BCUT2D eigenvalue weighted by Crippen LogP contribution is 2.43. The number of aliphatic hydroxyl groups is 2. The Morgan fingerprint density at radius 3 is 1.26 bits per heavy atom. The van der Waals surface area contributed by atoms with Gasteiger partial charge in [-0.25, -0.2) is 4.57 Å². The number of carbonyl (C=O) groups excluding carboxylic acids is 2. The van der Waals surface area contributed by atoms with Gasteiger partial charge in [0.1, 0.15) is 12.2 Å². The average molecular weight is 783 g/mol. The zero-order valence-electron chi connectivity index (χ0n) is 33.7. The van der Waals surface area contributed by atoms with Crippen LogP contribution in [0.4, 0.5) is 0 Å². The first kappa shape index (κ1) is 51.7. The third kappa shape index (κ3) is 36.6. The summed E-state index contributed by atoms with van der Waals surface area (Å²) >= 11 is 0. The number of allylic oxidation sites excluding steroid dienone is 10. The molecule has 3 unspecified atom stereocenters. The molecular formula is C43H75O10P. The molecule has 0 aromatic heterocycles. The van der Waals surface area contributed by atoms with Crippen molar-refractivity contribution in [2.45, 2.75) is 174 Å². The van der Waals surface area contributed by atoms with Crippen molar-refractivity contribution in [3.8, 4) is 0 Å². The molecular weight excluding hydrogens is 707 g/mol. The number of carbonyl (C=O) groups is 2. The van der Waals surface area contributed by atoms with E-state index in [0.29, 0.717) is 12.8 Å². The molecule has 0 radical (unpaired) electrons. The molecule has 0 saturated carbocycles. The minimum absolute atomic E-state index is 0.173. The van der Waals surface area contributed by atoms with E-state index in [1.165, 1.54) is 25.7 Å². The fourth-order valence-corrected chi connectivity index (χ4v) is 6.05. The number of rotatable bonds is 38. The summed E-state index contributed by atoms with van der Waals surface area (Å²) in [6.45, 7) is 2.01. The third-order valence-electron chi connectivity index (χ3n) is 8.46. The van der Waals surface area contributed by atoms with Crippen molar-refractivity contribution in [2.24, 2.45) is 0 Å². The fourth-order valence-electron chi connectivity index (χ4n) is 5.26. The maximum absolute atomic E-state index is 12.3. The molecule has 0 spiro atoms. The van der Waals surface area contributed by atoms with E-state index >= 15 is 0 Å². The smallest absolute Gasteiger partial charge is 0.457 e. The molecule has 11 heteroatoms. The SMILES string of the molecule is CC/C=C\C/C=C\C/C=C\CCCCCCCCCC(=O)OC(CO)COP(=O)(O)OCC(CO)OC(=O)CCCCCCC/C=C\C/C=C\CCCC. The lowest BCUT2D eigenvalue weighted by Gasteiger charge is -2.20. The largest absolute Gasteiger partial charge is 0.472 e. The third-order valence-corrected chi connectivity index (χ3v) is 9.41. The van der Waals surface area contributed by atoms with Crippen molar-refractivity contribution in [1.29, 1.82) is 0 Å². The van der Waals surface area contributed by atoms with E-state index < -0.39 is 58.4 Å². The van der Waals surface area contributed by atoms with Crippen LogP contribution in [0.5, 0.6) is 0 Å². The molecule has 0 aromatic carbocycles. The second kappa shape index (κ2) is 38.9. The molecule has 0 aliphatic rings. The van der Waals surface area contributed by atoms with Crippen LogP contribution in [0.1, 0.15) is 162 Å². The highest BCUT2D eigenvalue weighted by Gasteiger charge is 2.27. The van der Waals surface area contributed by atoms with Gasteiger partial charge in [-0.15, -0.1) is 0 Å². The number of unbranched alkanes of at least 4 members (excludes halogenated alkanes) is 14. The van der Waals surface area contributed by atoms with Gasteiger partial charge < -0.3 is 24.6 Å². The van der Waals surface area contributed by atoms with Crippen molar-refractivity contribution in [1.82, 2.24) is 0 Å². The molecule has 10 nitrogen and oxygen atoms in total. The average Bonchev–Trinajstić information content (AvgIpc) is 3.16. The van der Waals surface area contributed by atoms with Gasteiger partial charge >= 0.3 is 19.8 Å². The Morgan fingerprint density at radius 2 is 0.870 bits per heavy atom. The van der Waals surface area contributed by atoms with Gasteiger partial charge in [0.15, 0.2) is 0 Å². The lowest BCUT2D eigenvalue weighted by atomic mass is 10.1. The van der Waals surface area contributed by atoms with Gasteiger partial charge in [-0.3, -0.25) is 18.6 Å². The van der Waals surface area contributed by atoms with Gasteiger partial charge in [-0.2, -0.15) is 0 Å². The van der Waals surface area contributed by atoms with Crippen molar-refractivity contribution in [3.63, 3.8) is 0 Å². The van der Waals surface area contributed by atoms with Crippen LogP contribution in [0.15, 0.2) is 60.8 Å². The number of phosphoric acid groups is 1. The number of phosphoric ester groups is 1. The highest BCUT2D eigenvalue weighted by atomic mass is 31.2. The minimum Gasteiger partial charge on any atom is -0.457 e. The molecule has 0 amide bonds. The first-order chi connectivity index (χ1) is 26.3. The van der Waals surface area contributed by atoms with Crippen LogP contribution in [0.25, 0.3) is 0 Å². The van der Waals surface area contributed by atoms with E-state index in [2.05, 4.69) is 74.6 Å². The van der Waals surface area contributed by atoms with E-state index in [1.807, 2.05) is 0 Å². The van der Waals surface area contributed by atoms with E-state index in [0.717, 1.165) is 96.3 Å². The zero-order chi connectivity index (χ0) is 39.8. The van der Waals surface area contributed by atoms with E-state index in [4.69, 9.17) is 18.5 Å². The summed E-state index contributed by atoms with van der Waals surface area (Å²) in [5.74, 6) is -1.05. The summed E-state index contributed by atoms with van der Waals surface area (Å²) in [5, 5.41) is 19.1. The molecule has 0 saturated heterocycles. The number of hydrogen-bond donors (Lipinski definition) is 3. The Hall–Kier alpha value is -2.33. The second-order valence-electron chi connectivity index (χ2n) is 13.6. The Balaban J connectivity index is 3.98.